The van der Waals surface area contributed by atoms with Gasteiger partial charge < -0.3 is 5.32 Å². The fourth-order valence-electron chi connectivity index (χ4n) is 3.47. The summed E-state index contributed by atoms with van der Waals surface area (Å²) in [5.41, 5.74) is 0. The van der Waals surface area contributed by atoms with Crippen LogP contribution in [0.3, 0.4) is 0 Å². The standard InChI is InChI=1S/C15H29NS2/c1-3-16-14(11-13-7-5-4-6-8-13)15-12(2)17-9-10-18-15/h12-16H,3-11H2,1-2H3. The first-order valence-corrected chi connectivity index (χ1v) is 9.87. The highest BCUT2D eigenvalue weighted by molar-refractivity contribution is 8.07. The second kappa shape index (κ2) is 8.06. The highest BCUT2D eigenvalue weighted by Crippen LogP contribution is 2.36. The summed E-state index contributed by atoms with van der Waals surface area (Å²) >= 11 is 4.41. The van der Waals surface area contributed by atoms with E-state index in [2.05, 4.69) is 42.7 Å². The van der Waals surface area contributed by atoms with Crippen LogP contribution in [-0.2, 0) is 0 Å². The van der Waals surface area contributed by atoms with Gasteiger partial charge in [0.05, 0.1) is 0 Å². The highest BCUT2D eigenvalue weighted by Gasteiger charge is 2.31. The number of thioether (sulfide) groups is 2. The Hall–Kier alpha value is 0.660. The average molecular weight is 288 g/mol. The summed E-state index contributed by atoms with van der Waals surface area (Å²) < 4.78 is 0. The lowest BCUT2D eigenvalue weighted by Gasteiger charge is -2.37. The molecule has 3 unspecified atom stereocenters. The average Bonchev–Trinajstić information content (AvgIpc) is 2.40. The fraction of sp³-hybridized carbons (Fsp3) is 1.00. The number of hydrogen-bond donors (Lipinski definition) is 1. The van der Waals surface area contributed by atoms with Gasteiger partial charge in [-0.15, -0.1) is 0 Å². The predicted octanol–water partition coefficient (Wildman–Crippen LogP) is 4.17. The van der Waals surface area contributed by atoms with Crippen LogP contribution in [0.1, 0.15) is 52.4 Å². The Labute approximate surface area is 122 Å². The van der Waals surface area contributed by atoms with E-state index in [4.69, 9.17) is 0 Å². The SMILES string of the molecule is CCNC(CC1CCCCC1)C1SCCSC1C. The molecule has 1 N–H and O–H groups in total. The Morgan fingerprint density at radius 2 is 1.83 bits per heavy atom. The molecule has 0 spiro atoms. The van der Waals surface area contributed by atoms with Crippen molar-refractivity contribution in [3.8, 4) is 0 Å². The van der Waals surface area contributed by atoms with E-state index in [-0.39, 0.29) is 0 Å². The first-order valence-electron chi connectivity index (χ1n) is 7.78. The van der Waals surface area contributed by atoms with Crippen molar-refractivity contribution in [3.63, 3.8) is 0 Å². The van der Waals surface area contributed by atoms with Crippen molar-refractivity contribution in [2.75, 3.05) is 18.1 Å². The zero-order chi connectivity index (χ0) is 12.8. The molecule has 1 aliphatic heterocycles. The molecule has 2 fully saturated rings. The van der Waals surface area contributed by atoms with Gasteiger partial charge in [0.1, 0.15) is 0 Å². The van der Waals surface area contributed by atoms with Gasteiger partial charge in [-0.1, -0.05) is 46.0 Å². The predicted molar refractivity (Wildman–Crippen MR) is 86.8 cm³/mol. The van der Waals surface area contributed by atoms with Crippen molar-refractivity contribution in [2.24, 2.45) is 5.92 Å². The molecule has 3 heteroatoms. The molecule has 18 heavy (non-hydrogen) atoms. The minimum atomic E-state index is 0.755. The largest absolute Gasteiger partial charge is 0.313 e. The van der Waals surface area contributed by atoms with Crippen molar-refractivity contribution in [1.82, 2.24) is 5.32 Å². The van der Waals surface area contributed by atoms with Crippen molar-refractivity contribution >= 4 is 23.5 Å². The molecule has 1 nitrogen and oxygen atoms in total. The zero-order valence-electron chi connectivity index (χ0n) is 12.0. The number of nitrogens with one attached hydrogen (secondary N) is 1. The van der Waals surface area contributed by atoms with Crippen LogP contribution >= 0.6 is 23.5 Å². The lowest BCUT2D eigenvalue weighted by Crippen LogP contribution is -2.45. The molecule has 106 valence electrons. The van der Waals surface area contributed by atoms with Gasteiger partial charge in [0, 0.05) is 28.0 Å². The van der Waals surface area contributed by atoms with E-state index in [0.717, 1.165) is 29.0 Å². The van der Waals surface area contributed by atoms with Gasteiger partial charge in [0.2, 0.25) is 0 Å². The van der Waals surface area contributed by atoms with Gasteiger partial charge in [-0.05, 0) is 18.9 Å². The maximum atomic E-state index is 3.80. The monoisotopic (exact) mass is 287 g/mol. The van der Waals surface area contributed by atoms with Crippen molar-refractivity contribution in [1.29, 1.82) is 0 Å². The topological polar surface area (TPSA) is 12.0 Å². The minimum Gasteiger partial charge on any atom is -0.313 e. The lowest BCUT2D eigenvalue weighted by atomic mass is 9.84. The van der Waals surface area contributed by atoms with Crippen molar-refractivity contribution in [2.45, 2.75) is 68.9 Å². The van der Waals surface area contributed by atoms with Crippen LogP contribution in [0.15, 0.2) is 0 Å². The fourth-order valence-corrected chi connectivity index (χ4v) is 6.44. The van der Waals surface area contributed by atoms with E-state index in [9.17, 15) is 0 Å². The smallest absolute Gasteiger partial charge is 0.0317 e. The number of hydrogen-bond acceptors (Lipinski definition) is 3. The van der Waals surface area contributed by atoms with E-state index in [1.807, 2.05) is 0 Å². The summed E-state index contributed by atoms with van der Waals surface area (Å²) in [5, 5.41) is 5.46. The molecule has 0 aromatic carbocycles. The Kier molecular flexibility index (Phi) is 6.74. The summed E-state index contributed by atoms with van der Waals surface area (Å²) in [6.07, 6.45) is 8.84. The molecule has 0 amide bonds. The van der Waals surface area contributed by atoms with E-state index in [1.165, 1.54) is 50.0 Å². The van der Waals surface area contributed by atoms with Crippen LogP contribution < -0.4 is 5.32 Å². The van der Waals surface area contributed by atoms with Crippen LogP contribution in [0.2, 0.25) is 0 Å². The Morgan fingerprint density at radius 3 is 2.50 bits per heavy atom. The third kappa shape index (κ3) is 4.35. The van der Waals surface area contributed by atoms with E-state index in [0.29, 0.717) is 0 Å². The zero-order valence-corrected chi connectivity index (χ0v) is 13.6. The molecular weight excluding hydrogens is 258 g/mol. The Balaban J connectivity index is 1.88. The summed E-state index contributed by atoms with van der Waals surface area (Å²) in [4.78, 5) is 0. The lowest BCUT2D eigenvalue weighted by molar-refractivity contribution is 0.295. The van der Waals surface area contributed by atoms with Crippen molar-refractivity contribution in [3.05, 3.63) is 0 Å². The molecular formula is C15H29NS2. The molecule has 0 aromatic heterocycles. The normalized spacial score (nSPS) is 32.3. The van der Waals surface area contributed by atoms with E-state index >= 15 is 0 Å². The molecule has 3 atom stereocenters. The second-order valence-electron chi connectivity index (χ2n) is 5.82. The summed E-state index contributed by atoms with van der Waals surface area (Å²) in [5.74, 6) is 3.71. The van der Waals surface area contributed by atoms with Gasteiger partial charge >= 0.3 is 0 Å². The van der Waals surface area contributed by atoms with E-state index < -0.39 is 0 Å². The van der Waals surface area contributed by atoms with Gasteiger partial charge in [-0.2, -0.15) is 23.5 Å². The quantitative estimate of drug-likeness (QED) is 0.815. The molecule has 1 heterocycles. The van der Waals surface area contributed by atoms with Crippen LogP contribution in [0.25, 0.3) is 0 Å². The third-order valence-electron chi connectivity index (χ3n) is 4.41. The molecule has 1 saturated carbocycles. The molecule has 0 radical (unpaired) electrons. The first kappa shape index (κ1) is 15.1. The summed E-state index contributed by atoms with van der Waals surface area (Å²) in [7, 11) is 0. The highest BCUT2D eigenvalue weighted by atomic mass is 32.2. The first-order chi connectivity index (χ1) is 8.81. The van der Waals surface area contributed by atoms with Crippen LogP contribution in [0.5, 0.6) is 0 Å². The summed E-state index contributed by atoms with van der Waals surface area (Å²) in [6, 6.07) is 0.755. The molecule has 0 bridgehead atoms. The molecule has 2 rings (SSSR count). The van der Waals surface area contributed by atoms with Crippen LogP contribution in [0.4, 0.5) is 0 Å². The van der Waals surface area contributed by atoms with Gasteiger partial charge in [0.15, 0.2) is 0 Å². The molecule has 2 aliphatic rings. The maximum Gasteiger partial charge on any atom is 0.0317 e. The van der Waals surface area contributed by atoms with Crippen LogP contribution in [-0.4, -0.2) is 34.6 Å². The molecule has 1 aliphatic carbocycles. The Morgan fingerprint density at radius 1 is 1.11 bits per heavy atom. The van der Waals surface area contributed by atoms with Gasteiger partial charge in [-0.3, -0.25) is 0 Å². The second-order valence-corrected chi connectivity index (χ2v) is 8.59. The van der Waals surface area contributed by atoms with Crippen LogP contribution in [0, 0.1) is 5.92 Å². The number of rotatable bonds is 5. The minimum absolute atomic E-state index is 0.755. The summed E-state index contributed by atoms with van der Waals surface area (Å²) in [6.45, 7) is 5.83. The molecule has 1 saturated heterocycles. The van der Waals surface area contributed by atoms with Gasteiger partial charge in [-0.25, -0.2) is 0 Å². The molecule has 0 aromatic rings. The maximum absolute atomic E-state index is 3.80. The Bertz CT molecular complexity index is 229. The van der Waals surface area contributed by atoms with Gasteiger partial charge in [0.25, 0.3) is 0 Å². The third-order valence-corrected chi connectivity index (χ3v) is 7.66. The van der Waals surface area contributed by atoms with E-state index in [1.54, 1.807) is 0 Å². The van der Waals surface area contributed by atoms with Crippen molar-refractivity contribution < 1.29 is 0 Å².